The zero-order chi connectivity index (χ0) is 25.0. The van der Waals surface area contributed by atoms with Crippen LogP contribution in [-0.2, 0) is 19.0 Å². The smallest absolute Gasteiger partial charge is 0.303 e. The van der Waals surface area contributed by atoms with Crippen molar-refractivity contribution in [1.29, 1.82) is 0 Å². The van der Waals surface area contributed by atoms with Gasteiger partial charge in [0.05, 0.1) is 52.1 Å². The molecule has 192 valence electrons. The van der Waals surface area contributed by atoms with E-state index in [1.807, 2.05) is 12.1 Å². The number of methoxy groups -OCH3 is 3. The second-order valence-electron chi connectivity index (χ2n) is 8.78. The third-order valence-corrected chi connectivity index (χ3v) is 7.04. The first-order valence-corrected chi connectivity index (χ1v) is 11.5. The first-order chi connectivity index (χ1) is 17.5. The lowest BCUT2D eigenvalue weighted by Gasteiger charge is -2.33. The molecule has 4 atom stereocenters. The average Bonchev–Trinajstić information content (AvgIpc) is 3.65. The molecular weight excluding hydrogens is 476 g/mol. The molecule has 0 N–H and O–H groups in total. The Kier molecular flexibility index (Phi) is 5.41. The van der Waals surface area contributed by atoms with Gasteiger partial charge in [0.2, 0.25) is 25.1 Å². The van der Waals surface area contributed by atoms with Crippen molar-refractivity contribution >= 4 is 5.97 Å². The molecule has 4 heterocycles. The van der Waals surface area contributed by atoms with Crippen LogP contribution in [0, 0.1) is 5.92 Å². The van der Waals surface area contributed by atoms with Gasteiger partial charge in [0, 0.05) is 18.6 Å². The Hall–Kier alpha value is -3.57. The van der Waals surface area contributed by atoms with Gasteiger partial charge in [-0.2, -0.15) is 0 Å². The molecule has 0 aromatic heterocycles. The molecule has 2 aromatic carbocycles. The molecule has 11 nitrogen and oxygen atoms in total. The van der Waals surface area contributed by atoms with E-state index in [1.165, 1.54) is 21.1 Å². The maximum Gasteiger partial charge on any atom is 0.303 e. The number of ether oxygens (including phenoxy) is 10. The summed E-state index contributed by atoms with van der Waals surface area (Å²) in [5.41, 5.74) is 0.121. The highest BCUT2D eigenvalue weighted by molar-refractivity contribution is 5.68. The topological polar surface area (TPSA) is 109 Å². The third kappa shape index (κ3) is 3.15. The predicted molar refractivity (Wildman–Crippen MR) is 120 cm³/mol. The van der Waals surface area contributed by atoms with Crippen LogP contribution in [-0.4, -0.2) is 59.7 Å². The molecule has 4 aliphatic rings. The normalized spacial score (nSPS) is 27.1. The summed E-state index contributed by atoms with van der Waals surface area (Å²) in [7, 11) is 4.62. The Morgan fingerprint density at radius 2 is 1.64 bits per heavy atom. The van der Waals surface area contributed by atoms with Gasteiger partial charge in [-0.1, -0.05) is 0 Å². The first-order valence-electron chi connectivity index (χ1n) is 11.5. The molecule has 0 spiro atoms. The minimum atomic E-state index is -1.17. The van der Waals surface area contributed by atoms with E-state index < -0.39 is 23.8 Å². The number of hydrogen-bond donors (Lipinski definition) is 0. The first kappa shape index (κ1) is 22.9. The predicted octanol–water partition coefficient (Wildman–Crippen LogP) is 2.93. The highest BCUT2D eigenvalue weighted by atomic mass is 16.7. The van der Waals surface area contributed by atoms with E-state index in [0.717, 1.165) is 5.56 Å². The van der Waals surface area contributed by atoms with Crippen LogP contribution in [0.25, 0.3) is 0 Å². The molecule has 6 rings (SSSR count). The van der Waals surface area contributed by atoms with Crippen LogP contribution in [0.5, 0.6) is 40.2 Å². The molecule has 11 heteroatoms. The maximum atomic E-state index is 12.4. The summed E-state index contributed by atoms with van der Waals surface area (Å²) in [5, 5.41) is 0. The van der Waals surface area contributed by atoms with Gasteiger partial charge in [0.25, 0.3) is 0 Å². The van der Waals surface area contributed by atoms with Crippen molar-refractivity contribution in [2.45, 2.75) is 24.7 Å². The Bertz CT molecular complexity index is 1210. The lowest BCUT2D eigenvalue weighted by molar-refractivity contribution is -0.167. The molecule has 0 radical (unpaired) electrons. The molecule has 4 unspecified atom stereocenters. The van der Waals surface area contributed by atoms with Gasteiger partial charge in [0.15, 0.2) is 28.6 Å². The Labute approximate surface area is 207 Å². The van der Waals surface area contributed by atoms with Gasteiger partial charge in [0.1, 0.15) is 11.9 Å². The fraction of sp³-hybridized carbons (Fsp3) is 0.480. The SMILES string of the molecule is COc1cc2c(c(OC)c1C1OCC3C(c4ccc5c(c4OC)OCO5)OCC13OC(C)=O)OCO2. The monoisotopic (exact) mass is 502 g/mol. The van der Waals surface area contributed by atoms with Crippen molar-refractivity contribution in [2.24, 2.45) is 5.92 Å². The minimum Gasteiger partial charge on any atom is -0.496 e. The maximum absolute atomic E-state index is 12.4. The van der Waals surface area contributed by atoms with Crippen molar-refractivity contribution in [2.75, 3.05) is 48.1 Å². The zero-order valence-corrected chi connectivity index (χ0v) is 20.3. The van der Waals surface area contributed by atoms with E-state index in [-0.39, 0.29) is 32.7 Å². The summed E-state index contributed by atoms with van der Waals surface area (Å²) in [4.78, 5) is 12.4. The molecule has 0 bridgehead atoms. The van der Waals surface area contributed by atoms with E-state index in [1.54, 1.807) is 13.2 Å². The van der Waals surface area contributed by atoms with E-state index in [0.29, 0.717) is 45.8 Å². The molecule has 36 heavy (non-hydrogen) atoms. The summed E-state index contributed by atoms with van der Waals surface area (Å²) >= 11 is 0. The van der Waals surface area contributed by atoms with E-state index in [9.17, 15) is 4.79 Å². The number of esters is 1. The van der Waals surface area contributed by atoms with Crippen LogP contribution in [0.3, 0.4) is 0 Å². The number of carbonyl (C=O) groups excluding carboxylic acids is 1. The highest BCUT2D eigenvalue weighted by Gasteiger charge is 2.64. The number of benzene rings is 2. The second-order valence-corrected chi connectivity index (χ2v) is 8.78. The summed E-state index contributed by atoms with van der Waals surface area (Å²) in [5.74, 6) is 2.56. The molecule has 4 aliphatic heterocycles. The third-order valence-electron chi connectivity index (χ3n) is 7.04. The van der Waals surface area contributed by atoms with Crippen molar-refractivity contribution < 1.29 is 52.2 Å². The van der Waals surface area contributed by atoms with Crippen LogP contribution in [0.1, 0.15) is 30.3 Å². The lowest BCUT2D eigenvalue weighted by Crippen LogP contribution is -2.44. The van der Waals surface area contributed by atoms with Crippen molar-refractivity contribution in [3.05, 3.63) is 29.3 Å². The Balaban J connectivity index is 1.46. The van der Waals surface area contributed by atoms with Gasteiger partial charge in [-0.05, 0) is 12.1 Å². The molecule has 0 amide bonds. The fourth-order valence-electron chi connectivity index (χ4n) is 5.62. The van der Waals surface area contributed by atoms with Gasteiger partial charge < -0.3 is 47.4 Å². The highest BCUT2D eigenvalue weighted by Crippen LogP contribution is 2.61. The number of rotatable bonds is 6. The standard InChI is InChI=1S/C25H26O11/c1-12(26)36-25-9-31-19(13-5-6-15-21(20(13)28-3)34-10-32-15)14(25)8-30-24(25)18-16(27-2)7-17-22(23(18)29-4)35-11-33-17/h5-7,14,19,24H,8-11H2,1-4H3. The Morgan fingerprint density at radius 1 is 0.917 bits per heavy atom. The lowest BCUT2D eigenvalue weighted by atomic mass is 9.79. The van der Waals surface area contributed by atoms with Crippen molar-refractivity contribution in [1.82, 2.24) is 0 Å². The summed E-state index contributed by atoms with van der Waals surface area (Å²) in [6.07, 6.45) is -1.28. The van der Waals surface area contributed by atoms with Crippen LogP contribution >= 0.6 is 0 Å². The van der Waals surface area contributed by atoms with E-state index in [4.69, 9.17) is 47.4 Å². The largest absolute Gasteiger partial charge is 0.496 e. The van der Waals surface area contributed by atoms with Crippen molar-refractivity contribution in [3.8, 4) is 40.2 Å². The number of fused-ring (bicyclic) bond motifs is 3. The zero-order valence-electron chi connectivity index (χ0n) is 20.3. The summed E-state index contributed by atoms with van der Waals surface area (Å²) < 4.78 is 58.2. The molecule has 0 aliphatic carbocycles. The van der Waals surface area contributed by atoms with E-state index in [2.05, 4.69) is 0 Å². The van der Waals surface area contributed by atoms with Gasteiger partial charge in [-0.15, -0.1) is 0 Å². The molecule has 2 saturated heterocycles. The van der Waals surface area contributed by atoms with Gasteiger partial charge in [-0.25, -0.2) is 0 Å². The van der Waals surface area contributed by atoms with Gasteiger partial charge >= 0.3 is 5.97 Å². The van der Waals surface area contributed by atoms with Crippen molar-refractivity contribution in [3.63, 3.8) is 0 Å². The quantitative estimate of drug-likeness (QED) is 0.544. The summed E-state index contributed by atoms with van der Waals surface area (Å²) in [6, 6.07) is 5.40. The molecule has 2 aromatic rings. The number of hydrogen-bond acceptors (Lipinski definition) is 11. The van der Waals surface area contributed by atoms with Crippen LogP contribution in [0.4, 0.5) is 0 Å². The number of carbonyl (C=O) groups is 1. The van der Waals surface area contributed by atoms with Crippen LogP contribution in [0.15, 0.2) is 18.2 Å². The average molecular weight is 502 g/mol. The molecule has 2 fully saturated rings. The minimum absolute atomic E-state index is 0.0522. The Morgan fingerprint density at radius 3 is 2.33 bits per heavy atom. The second kappa shape index (κ2) is 8.52. The fourth-order valence-corrected chi connectivity index (χ4v) is 5.62. The van der Waals surface area contributed by atoms with Crippen LogP contribution in [0.2, 0.25) is 0 Å². The van der Waals surface area contributed by atoms with E-state index >= 15 is 0 Å². The van der Waals surface area contributed by atoms with Gasteiger partial charge in [-0.3, -0.25) is 4.79 Å². The molecular formula is C25H26O11. The molecule has 0 saturated carbocycles. The van der Waals surface area contributed by atoms with Crippen LogP contribution < -0.4 is 33.2 Å². The summed E-state index contributed by atoms with van der Waals surface area (Å²) in [6.45, 7) is 1.84.